The molecule has 2 aromatic heterocycles. The van der Waals surface area contributed by atoms with E-state index in [0.717, 1.165) is 87.3 Å². The highest BCUT2D eigenvalue weighted by atomic mass is 16.5. The van der Waals surface area contributed by atoms with Crippen LogP contribution >= 0.6 is 0 Å². The number of rotatable bonds is 14. The maximum absolute atomic E-state index is 6.15. The molecular weight excluding hydrogens is 488 g/mol. The molecule has 0 atom stereocenters. The van der Waals surface area contributed by atoms with E-state index in [0.29, 0.717) is 18.1 Å². The van der Waals surface area contributed by atoms with Gasteiger partial charge in [0.05, 0.1) is 6.33 Å². The summed E-state index contributed by atoms with van der Waals surface area (Å²) in [5.74, 6) is 2.40. The quantitative estimate of drug-likeness (QED) is 0.249. The van der Waals surface area contributed by atoms with Gasteiger partial charge in [-0.3, -0.25) is 0 Å². The molecule has 3 fully saturated rings. The van der Waals surface area contributed by atoms with Crippen LogP contribution in [0.15, 0.2) is 6.33 Å². The number of aromatic nitrogens is 4. The van der Waals surface area contributed by atoms with E-state index in [4.69, 9.17) is 25.4 Å². The van der Waals surface area contributed by atoms with Gasteiger partial charge < -0.3 is 25.8 Å². The van der Waals surface area contributed by atoms with Crippen LogP contribution in [0.2, 0.25) is 0 Å². The van der Waals surface area contributed by atoms with Crippen molar-refractivity contribution in [3.8, 4) is 0 Å². The Bertz CT molecular complexity index is 990. The number of unbranched alkanes of at least 4 members (excludes halogenated alkanes) is 3. The van der Waals surface area contributed by atoms with E-state index in [9.17, 15) is 0 Å². The van der Waals surface area contributed by atoms with E-state index in [1.807, 2.05) is 6.33 Å². The van der Waals surface area contributed by atoms with Gasteiger partial charge in [-0.15, -0.1) is 0 Å². The number of nitrogens with two attached hydrogens (primary N) is 1. The lowest BCUT2D eigenvalue weighted by Gasteiger charge is -2.32. The van der Waals surface area contributed by atoms with Gasteiger partial charge >= 0.3 is 0 Å². The van der Waals surface area contributed by atoms with Crippen LogP contribution in [-0.2, 0) is 4.74 Å². The van der Waals surface area contributed by atoms with Gasteiger partial charge in [-0.05, 0) is 70.1 Å². The normalized spacial score (nSPS) is 23.5. The van der Waals surface area contributed by atoms with E-state index in [1.54, 1.807) is 0 Å². The number of piperidine rings is 1. The molecular formula is C30H52N8O. The number of imidazole rings is 1. The summed E-state index contributed by atoms with van der Waals surface area (Å²) >= 11 is 0. The average molecular weight is 541 g/mol. The number of hydrogen-bond donors (Lipinski definition) is 3. The van der Waals surface area contributed by atoms with Crippen molar-refractivity contribution in [2.45, 2.75) is 128 Å². The van der Waals surface area contributed by atoms with E-state index in [-0.39, 0.29) is 0 Å². The van der Waals surface area contributed by atoms with Crippen LogP contribution < -0.4 is 16.5 Å². The summed E-state index contributed by atoms with van der Waals surface area (Å²) in [4.78, 5) is 14.8. The van der Waals surface area contributed by atoms with Gasteiger partial charge in [0, 0.05) is 44.4 Å². The van der Waals surface area contributed by atoms with Crippen molar-refractivity contribution in [2.75, 3.05) is 37.0 Å². The van der Waals surface area contributed by atoms with Crippen molar-refractivity contribution >= 4 is 22.9 Å². The molecule has 0 radical (unpaired) electrons. The zero-order valence-corrected chi connectivity index (χ0v) is 24.3. The summed E-state index contributed by atoms with van der Waals surface area (Å²) in [7, 11) is 0. The highest BCUT2D eigenvalue weighted by Crippen LogP contribution is 2.34. The summed E-state index contributed by atoms with van der Waals surface area (Å²) in [6.07, 6.45) is 21.4. The van der Waals surface area contributed by atoms with Crippen LogP contribution in [-0.4, -0.2) is 62.9 Å². The summed E-state index contributed by atoms with van der Waals surface area (Å²) < 4.78 is 7.91. The van der Waals surface area contributed by atoms with Crippen LogP contribution in [0.5, 0.6) is 0 Å². The second-order valence-electron chi connectivity index (χ2n) is 12.3. The molecule has 1 aliphatic heterocycles. The lowest BCUT2D eigenvalue weighted by molar-refractivity contribution is 0.130. The lowest BCUT2D eigenvalue weighted by Crippen LogP contribution is -2.38. The topological polar surface area (TPSA) is 106 Å². The third-order valence-electron chi connectivity index (χ3n) is 9.12. The van der Waals surface area contributed by atoms with Gasteiger partial charge in [0.1, 0.15) is 0 Å². The minimum Gasteiger partial charge on any atom is -0.381 e. The third-order valence-corrected chi connectivity index (χ3v) is 9.12. The second-order valence-corrected chi connectivity index (χ2v) is 12.3. The molecule has 0 spiro atoms. The first kappa shape index (κ1) is 28.6. The molecule has 0 unspecified atom stereocenters. The van der Waals surface area contributed by atoms with E-state index < -0.39 is 0 Å². The number of fused-ring (bicyclic) bond motifs is 1. The maximum atomic E-state index is 6.15. The Kier molecular flexibility index (Phi) is 10.7. The van der Waals surface area contributed by atoms with Crippen LogP contribution in [0.3, 0.4) is 0 Å². The van der Waals surface area contributed by atoms with E-state index in [2.05, 4.69) is 27.2 Å². The predicted octanol–water partition coefficient (Wildman–Crippen LogP) is 6.04. The number of nitrogens with zero attached hydrogens (tertiary/aromatic N) is 5. The molecule has 39 heavy (non-hydrogen) atoms. The van der Waals surface area contributed by atoms with Gasteiger partial charge in [-0.2, -0.15) is 9.97 Å². The summed E-state index contributed by atoms with van der Waals surface area (Å²) in [5, 5.41) is 6.00. The molecule has 0 bridgehead atoms. The van der Waals surface area contributed by atoms with E-state index >= 15 is 0 Å². The molecule has 3 aliphatic rings. The van der Waals surface area contributed by atoms with Gasteiger partial charge in [0.2, 0.25) is 5.95 Å². The van der Waals surface area contributed by atoms with E-state index in [1.165, 1.54) is 70.6 Å². The fourth-order valence-corrected chi connectivity index (χ4v) is 6.68. The first-order valence-corrected chi connectivity index (χ1v) is 16.1. The van der Waals surface area contributed by atoms with Crippen LogP contribution in [0.25, 0.3) is 11.2 Å². The summed E-state index contributed by atoms with van der Waals surface area (Å²) in [6.45, 7) is 6.10. The second kappa shape index (κ2) is 14.6. The van der Waals surface area contributed by atoms with Crippen molar-refractivity contribution in [3.63, 3.8) is 0 Å². The van der Waals surface area contributed by atoms with Gasteiger partial charge in [-0.1, -0.05) is 45.4 Å². The fourth-order valence-electron chi connectivity index (χ4n) is 6.68. The van der Waals surface area contributed by atoms with Crippen molar-refractivity contribution in [1.82, 2.24) is 24.5 Å². The smallest absolute Gasteiger partial charge is 0.227 e. The Morgan fingerprint density at radius 2 is 1.69 bits per heavy atom. The largest absolute Gasteiger partial charge is 0.381 e. The van der Waals surface area contributed by atoms with Crippen molar-refractivity contribution in [2.24, 2.45) is 11.7 Å². The Morgan fingerprint density at radius 1 is 0.923 bits per heavy atom. The molecule has 5 rings (SSSR count). The molecule has 218 valence electrons. The SMILES string of the molecule is CCCOCCCCCCC1CCN(Nc2nc(NC3CCC(N)CC3)nc3c2ncn3C2CCCC2)CC1. The molecule has 0 aromatic carbocycles. The van der Waals surface area contributed by atoms with Gasteiger partial charge in [-0.25, -0.2) is 9.99 Å². The fraction of sp³-hybridized carbons (Fsp3) is 0.833. The molecule has 1 saturated heterocycles. The van der Waals surface area contributed by atoms with Crippen molar-refractivity contribution < 1.29 is 4.74 Å². The third kappa shape index (κ3) is 8.04. The first-order valence-electron chi connectivity index (χ1n) is 16.1. The average Bonchev–Trinajstić information content (AvgIpc) is 3.63. The van der Waals surface area contributed by atoms with Crippen molar-refractivity contribution in [1.29, 1.82) is 0 Å². The van der Waals surface area contributed by atoms with Crippen LogP contribution in [0.1, 0.15) is 116 Å². The summed E-state index contributed by atoms with van der Waals surface area (Å²) in [5.41, 5.74) is 11.7. The number of anilines is 2. The lowest BCUT2D eigenvalue weighted by atomic mass is 9.92. The number of ether oxygens (including phenoxy) is 1. The molecule has 4 N–H and O–H groups in total. The number of hydrazine groups is 1. The first-order chi connectivity index (χ1) is 19.2. The molecule has 2 aromatic rings. The number of hydrogen-bond acceptors (Lipinski definition) is 8. The summed E-state index contributed by atoms with van der Waals surface area (Å²) in [6, 6.07) is 1.22. The molecule has 2 saturated carbocycles. The molecule has 3 heterocycles. The van der Waals surface area contributed by atoms with Crippen LogP contribution in [0, 0.1) is 5.92 Å². The Labute approximate surface area is 235 Å². The monoisotopic (exact) mass is 540 g/mol. The zero-order valence-electron chi connectivity index (χ0n) is 24.3. The molecule has 9 heteroatoms. The van der Waals surface area contributed by atoms with Crippen LogP contribution in [0.4, 0.5) is 11.8 Å². The Balaban J connectivity index is 1.16. The Morgan fingerprint density at radius 3 is 2.46 bits per heavy atom. The predicted molar refractivity (Wildman–Crippen MR) is 159 cm³/mol. The molecule has 0 amide bonds. The highest BCUT2D eigenvalue weighted by Gasteiger charge is 2.25. The standard InChI is InChI=1S/C30H52N8O/c1-2-20-39-21-8-4-3-5-9-23-16-18-37(19-17-23)36-28-27-29(38(22-32-27)26-10-6-7-11-26)35-30(34-28)33-25-14-12-24(31)13-15-25/h22-26H,2-21,31H2,1H3,(H2,33,34,35,36). The minimum absolute atomic E-state index is 0.334. The maximum Gasteiger partial charge on any atom is 0.227 e. The highest BCUT2D eigenvalue weighted by molar-refractivity contribution is 5.84. The van der Waals surface area contributed by atoms with Gasteiger partial charge in [0.25, 0.3) is 0 Å². The number of nitrogens with one attached hydrogen (secondary N) is 2. The van der Waals surface area contributed by atoms with Crippen molar-refractivity contribution in [3.05, 3.63) is 6.33 Å². The minimum atomic E-state index is 0.334. The molecule has 2 aliphatic carbocycles. The zero-order chi connectivity index (χ0) is 26.9. The molecule has 9 nitrogen and oxygen atoms in total. The Hall–Kier alpha value is -1.97. The van der Waals surface area contributed by atoms with Gasteiger partial charge in [0.15, 0.2) is 17.0 Å².